The normalized spacial score (nSPS) is 14.9. The molecule has 0 aromatic heterocycles. The van der Waals surface area contributed by atoms with Gasteiger partial charge >= 0.3 is 0 Å². The van der Waals surface area contributed by atoms with Gasteiger partial charge in [0.05, 0.1) is 16.3 Å². The maximum atomic E-state index is 11.3. The van der Waals surface area contributed by atoms with E-state index in [0.29, 0.717) is 17.3 Å². The van der Waals surface area contributed by atoms with E-state index >= 15 is 0 Å². The van der Waals surface area contributed by atoms with Gasteiger partial charge in [0.2, 0.25) is 10.0 Å². The molecule has 19 heavy (non-hydrogen) atoms. The van der Waals surface area contributed by atoms with Crippen molar-refractivity contribution in [1.29, 1.82) is 0 Å². The summed E-state index contributed by atoms with van der Waals surface area (Å²) < 4.78 is 22.6. The van der Waals surface area contributed by atoms with Crippen molar-refractivity contribution in [2.75, 3.05) is 11.1 Å². The highest BCUT2D eigenvalue weighted by Gasteiger charge is 2.13. The molecule has 5 nitrogen and oxygen atoms in total. The Balaban J connectivity index is 2.89. The quantitative estimate of drug-likeness (QED) is 0.697. The first kappa shape index (κ1) is 15.8. The zero-order valence-corrected chi connectivity index (χ0v) is 12.5. The molecule has 0 heterocycles. The highest BCUT2D eigenvalue weighted by atomic mass is 32.2. The minimum absolute atomic E-state index is 0.0694. The summed E-state index contributed by atoms with van der Waals surface area (Å²) in [6, 6.07) is 4.67. The lowest BCUT2D eigenvalue weighted by Gasteiger charge is -2.20. The van der Waals surface area contributed by atoms with Gasteiger partial charge in [0.15, 0.2) is 0 Å². The Bertz CT molecular complexity index is 529. The molecular weight excluding hydrogens is 262 g/mol. The highest BCUT2D eigenvalue weighted by molar-refractivity contribution is 7.89. The fourth-order valence-electron chi connectivity index (χ4n) is 1.93. The molecule has 0 aliphatic rings. The Hall–Kier alpha value is -1.27. The number of sulfonamides is 1. The molecule has 2 atom stereocenters. The van der Waals surface area contributed by atoms with E-state index in [1.165, 1.54) is 12.1 Å². The van der Waals surface area contributed by atoms with Gasteiger partial charge in [-0.25, -0.2) is 13.6 Å². The van der Waals surface area contributed by atoms with E-state index < -0.39 is 10.0 Å². The van der Waals surface area contributed by atoms with Crippen LogP contribution in [-0.2, 0) is 10.0 Å². The molecule has 1 rings (SSSR count). The molecule has 108 valence electrons. The third-order valence-corrected chi connectivity index (χ3v) is 4.12. The molecule has 0 radical (unpaired) electrons. The summed E-state index contributed by atoms with van der Waals surface area (Å²) in [5.74, 6) is 0.602. The molecule has 0 aliphatic carbocycles. The molecule has 2 unspecified atom stereocenters. The smallest absolute Gasteiger partial charge is 0.238 e. The predicted octanol–water partition coefficient (Wildman–Crippen LogP) is 2.15. The molecule has 6 heteroatoms. The van der Waals surface area contributed by atoms with Crippen molar-refractivity contribution in [3.05, 3.63) is 18.2 Å². The van der Waals surface area contributed by atoms with Crippen LogP contribution in [-0.4, -0.2) is 14.5 Å². The molecule has 5 N–H and O–H groups in total. The van der Waals surface area contributed by atoms with Gasteiger partial charge in [-0.15, -0.1) is 0 Å². The standard InChI is InChI=1S/C13H23N3O2S/c1-4-9(2)7-10(3)16-13-8-11(19(15,17)18)5-6-12(13)14/h5-6,8-10,16H,4,7,14H2,1-3H3,(H2,15,17,18). The summed E-state index contributed by atoms with van der Waals surface area (Å²) in [5.41, 5.74) is 6.98. The van der Waals surface area contributed by atoms with Crippen molar-refractivity contribution < 1.29 is 8.42 Å². The monoisotopic (exact) mass is 285 g/mol. The summed E-state index contributed by atoms with van der Waals surface area (Å²) in [4.78, 5) is 0.0694. The van der Waals surface area contributed by atoms with Crippen LogP contribution in [0.15, 0.2) is 23.1 Å². The Labute approximate surface area is 115 Å². The van der Waals surface area contributed by atoms with E-state index in [9.17, 15) is 8.42 Å². The lowest BCUT2D eigenvalue weighted by atomic mass is 10.0. The number of hydrogen-bond acceptors (Lipinski definition) is 4. The Kier molecular flexibility index (Phi) is 5.20. The number of anilines is 2. The minimum atomic E-state index is -3.70. The topological polar surface area (TPSA) is 98.2 Å². The predicted molar refractivity (Wildman–Crippen MR) is 79.4 cm³/mol. The highest BCUT2D eigenvalue weighted by Crippen LogP contribution is 2.24. The maximum absolute atomic E-state index is 11.3. The van der Waals surface area contributed by atoms with E-state index in [0.717, 1.165) is 12.8 Å². The Morgan fingerprint density at radius 2 is 1.95 bits per heavy atom. The first-order valence-electron chi connectivity index (χ1n) is 6.43. The van der Waals surface area contributed by atoms with Gasteiger partial charge in [0, 0.05) is 6.04 Å². The zero-order valence-electron chi connectivity index (χ0n) is 11.7. The average molecular weight is 285 g/mol. The second-order valence-corrected chi connectivity index (χ2v) is 6.65. The Morgan fingerprint density at radius 3 is 2.47 bits per heavy atom. The van der Waals surface area contributed by atoms with Crippen LogP contribution in [0.1, 0.15) is 33.6 Å². The van der Waals surface area contributed by atoms with Crippen LogP contribution in [0, 0.1) is 5.92 Å². The summed E-state index contributed by atoms with van der Waals surface area (Å²) in [5, 5.41) is 8.36. The van der Waals surface area contributed by atoms with Gasteiger partial charge in [-0.05, 0) is 37.5 Å². The minimum Gasteiger partial charge on any atom is -0.397 e. The molecule has 0 bridgehead atoms. The summed E-state index contributed by atoms with van der Waals surface area (Å²) in [7, 11) is -3.70. The van der Waals surface area contributed by atoms with Crippen LogP contribution < -0.4 is 16.2 Å². The molecule has 0 amide bonds. The summed E-state index contributed by atoms with van der Waals surface area (Å²) >= 11 is 0. The van der Waals surface area contributed by atoms with Crippen LogP contribution in [0.25, 0.3) is 0 Å². The number of primary sulfonamides is 1. The molecule has 1 aromatic carbocycles. The molecular formula is C13H23N3O2S. The number of benzene rings is 1. The number of hydrogen-bond donors (Lipinski definition) is 3. The van der Waals surface area contributed by atoms with Crippen molar-refractivity contribution in [3.8, 4) is 0 Å². The second-order valence-electron chi connectivity index (χ2n) is 5.09. The lowest BCUT2D eigenvalue weighted by molar-refractivity contribution is 0.484. The van der Waals surface area contributed by atoms with Crippen molar-refractivity contribution in [1.82, 2.24) is 0 Å². The largest absolute Gasteiger partial charge is 0.397 e. The van der Waals surface area contributed by atoms with E-state index in [1.54, 1.807) is 6.07 Å². The van der Waals surface area contributed by atoms with Crippen LogP contribution in [0.5, 0.6) is 0 Å². The summed E-state index contributed by atoms with van der Waals surface area (Å²) in [6.07, 6.45) is 2.11. The maximum Gasteiger partial charge on any atom is 0.238 e. The Morgan fingerprint density at radius 1 is 1.32 bits per heavy atom. The van der Waals surface area contributed by atoms with Crippen molar-refractivity contribution in [2.45, 2.75) is 44.6 Å². The van der Waals surface area contributed by atoms with E-state index in [-0.39, 0.29) is 10.9 Å². The van der Waals surface area contributed by atoms with Gasteiger partial charge in [0.25, 0.3) is 0 Å². The van der Waals surface area contributed by atoms with Gasteiger partial charge < -0.3 is 11.1 Å². The molecule has 0 saturated carbocycles. The number of nitrogens with one attached hydrogen (secondary N) is 1. The van der Waals surface area contributed by atoms with Gasteiger partial charge in [-0.3, -0.25) is 0 Å². The third-order valence-electron chi connectivity index (χ3n) is 3.21. The fourth-order valence-corrected chi connectivity index (χ4v) is 2.47. The van der Waals surface area contributed by atoms with Gasteiger partial charge in [-0.1, -0.05) is 20.3 Å². The van der Waals surface area contributed by atoms with Crippen LogP contribution in [0.4, 0.5) is 11.4 Å². The lowest BCUT2D eigenvalue weighted by Crippen LogP contribution is -2.20. The van der Waals surface area contributed by atoms with Gasteiger partial charge in [0.1, 0.15) is 0 Å². The van der Waals surface area contributed by atoms with E-state index in [2.05, 4.69) is 26.1 Å². The molecule has 0 fully saturated rings. The number of rotatable bonds is 6. The van der Waals surface area contributed by atoms with E-state index in [4.69, 9.17) is 10.9 Å². The van der Waals surface area contributed by atoms with Crippen LogP contribution in [0.3, 0.4) is 0 Å². The first-order valence-corrected chi connectivity index (χ1v) is 7.97. The number of nitrogen functional groups attached to an aromatic ring is 1. The van der Waals surface area contributed by atoms with Crippen molar-refractivity contribution in [2.24, 2.45) is 11.1 Å². The van der Waals surface area contributed by atoms with Crippen LogP contribution in [0.2, 0.25) is 0 Å². The third kappa shape index (κ3) is 4.72. The van der Waals surface area contributed by atoms with Gasteiger partial charge in [-0.2, -0.15) is 0 Å². The fraction of sp³-hybridized carbons (Fsp3) is 0.538. The average Bonchev–Trinajstić information content (AvgIpc) is 2.30. The van der Waals surface area contributed by atoms with Crippen molar-refractivity contribution >= 4 is 21.4 Å². The second kappa shape index (κ2) is 6.25. The van der Waals surface area contributed by atoms with Crippen LogP contribution >= 0.6 is 0 Å². The van der Waals surface area contributed by atoms with Crippen molar-refractivity contribution in [3.63, 3.8) is 0 Å². The molecule has 0 aliphatic heterocycles. The number of nitrogens with two attached hydrogens (primary N) is 2. The molecule has 0 saturated heterocycles. The van der Waals surface area contributed by atoms with E-state index in [1.807, 2.05) is 0 Å². The zero-order chi connectivity index (χ0) is 14.6. The molecule has 0 spiro atoms. The first-order chi connectivity index (χ1) is 8.74. The molecule has 1 aromatic rings. The summed E-state index contributed by atoms with van der Waals surface area (Å²) in [6.45, 7) is 6.38. The SMILES string of the molecule is CCC(C)CC(C)Nc1cc(S(N)(=O)=O)ccc1N.